The molecule has 0 aromatic carbocycles. The molecule has 2 fully saturated rings. The number of likely N-dealkylation sites (tertiary alicyclic amines) is 1. The second-order valence-electron chi connectivity index (χ2n) is 6.03. The molecular weight excluding hydrogens is 260 g/mol. The number of likely N-dealkylation sites (N-methyl/N-ethyl adjacent to an activating group) is 1. The molecule has 20 heavy (non-hydrogen) atoms. The lowest BCUT2D eigenvalue weighted by molar-refractivity contribution is -0.141. The van der Waals surface area contributed by atoms with Gasteiger partial charge in [0.1, 0.15) is 6.04 Å². The molecular formula is C14H24N2O4. The number of carbonyl (C=O) groups is 2. The molecule has 1 aliphatic carbocycles. The quantitative estimate of drug-likeness (QED) is 0.814. The Hall–Kier alpha value is -1.30. The van der Waals surface area contributed by atoms with Crippen molar-refractivity contribution in [2.75, 3.05) is 13.7 Å². The number of carboxylic acids is 1. The third-order valence-corrected chi connectivity index (χ3v) is 4.82. The van der Waals surface area contributed by atoms with Crippen LogP contribution in [0.3, 0.4) is 0 Å². The highest BCUT2D eigenvalue weighted by atomic mass is 16.4. The third-order valence-electron chi connectivity index (χ3n) is 4.82. The molecule has 0 aromatic rings. The van der Waals surface area contributed by atoms with E-state index < -0.39 is 12.0 Å². The Morgan fingerprint density at radius 1 is 1.35 bits per heavy atom. The Kier molecular flexibility index (Phi) is 4.52. The van der Waals surface area contributed by atoms with Crippen LogP contribution < -0.4 is 0 Å². The minimum Gasteiger partial charge on any atom is -0.480 e. The van der Waals surface area contributed by atoms with Crippen LogP contribution in [0.25, 0.3) is 0 Å². The fraction of sp³-hybridized carbons (Fsp3) is 0.857. The van der Waals surface area contributed by atoms with Crippen LogP contribution in [-0.2, 0) is 4.79 Å². The normalized spacial score (nSPS) is 30.8. The Morgan fingerprint density at radius 2 is 2.00 bits per heavy atom. The summed E-state index contributed by atoms with van der Waals surface area (Å²) >= 11 is 0. The minimum atomic E-state index is -0.919. The van der Waals surface area contributed by atoms with Crippen LogP contribution >= 0.6 is 0 Å². The van der Waals surface area contributed by atoms with Gasteiger partial charge in [0, 0.05) is 13.1 Å². The molecule has 1 aliphatic heterocycles. The highest BCUT2D eigenvalue weighted by Crippen LogP contribution is 2.40. The van der Waals surface area contributed by atoms with Gasteiger partial charge in [0.15, 0.2) is 0 Å². The number of amides is 2. The molecule has 4 atom stereocenters. The zero-order valence-electron chi connectivity index (χ0n) is 12.2. The molecule has 6 nitrogen and oxygen atoms in total. The lowest BCUT2D eigenvalue weighted by Crippen LogP contribution is -2.53. The summed E-state index contributed by atoms with van der Waals surface area (Å²) in [5.41, 5.74) is 0. The molecule has 2 amide bonds. The zero-order chi connectivity index (χ0) is 14.9. The van der Waals surface area contributed by atoms with E-state index in [-0.39, 0.29) is 24.7 Å². The second kappa shape index (κ2) is 5.99. The van der Waals surface area contributed by atoms with E-state index in [1.54, 1.807) is 18.9 Å². The molecule has 0 aromatic heterocycles. The fourth-order valence-electron chi connectivity index (χ4n) is 3.45. The van der Waals surface area contributed by atoms with Gasteiger partial charge in [0.05, 0.1) is 12.6 Å². The number of nitrogens with zero attached hydrogens (tertiary/aromatic N) is 2. The van der Waals surface area contributed by atoms with Crippen molar-refractivity contribution < 1.29 is 19.8 Å². The number of carbonyl (C=O) groups excluding carboxylic acids is 1. The molecule has 1 heterocycles. The van der Waals surface area contributed by atoms with Crippen molar-refractivity contribution in [1.29, 1.82) is 0 Å². The summed E-state index contributed by atoms with van der Waals surface area (Å²) in [7, 11) is 1.62. The van der Waals surface area contributed by atoms with Crippen LogP contribution in [0.2, 0.25) is 0 Å². The zero-order valence-corrected chi connectivity index (χ0v) is 12.2. The van der Waals surface area contributed by atoms with Gasteiger partial charge >= 0.3 is 12.0 Å². The van der Waals surface area contributed by atoms with Crippen molar-refractivity contribution in [3.05, 3.63) is 0 Å². The maximum Gasteiger partial charge on any atom is 0.326 e. The van der Waals surface area contributed by atoms with Gasteiger partial charge in [-0.05, 0) is 32.1 Å². The van der Waals surface area contributed by atoms with Crippen LogP contribution in [0.15, 0.2) is 0 Å². The first-order valence-electron chi connectivity index (χ1n) is 7.36. The van der Waals surface area contributed by atoms with Gasteiger partial charge in [-0.1, -0.05) is 12.8 Å². The third kappa shape index (κ3) is 2.61. The molecule has 0 spiro atoms. The Bertz CT molecular complexity index is 387. The van der Waals surface area contributed by atoms with Crippen molar-refractivity contribution in [1.82, 2.24) is 9.80 Å². The molecule has 114 valence electrons. The maximum atomic E-state index is 12.6. The Balaban J connectivity index is 2.20. The van der Waals surface area contributed by atoms with Crippen LogP contribution in [0.5, 0.6) is 0 Å². The minimum absolute atomic E-state index is 0.0469. The smallest absolute Gasteiger partial charge is 0.326 e. The van der Waals surface area contributed by atoms with E-state index in [1.165, 1.54) is 4.90 Å². The van der Waals surface area contributed by atoms with E-state index in [2.05, 4.69) is 0 Å². The molecule has 0 bridgehead atoms. The van der Waals surface area contributed by atoms with E-state index in [1.807, 2.05) is 0 Å². The highest BCUT2D eigenvalue weighted by Gasteiger charge is 2.48. The largest absolute Gasteiger partial charge is 0.480 e. The number of hydrogen-bond donors (Lipinski definition) is 2. The molecule has 2 aliphatic rings. The topological polar surface area (TPSA) is 81.1 Å². The summed E-state index contributed by atoms with van der Waals surface area (Å²) < 4.78 is 0. The molecule has 1 saturated heterocycles. The van der Waals surface area contributed by atoms with E-state index in [9.17, 15) is 19.8 Å². The van der Waals surface area contributed by atoms with Crippen molar-refractivity contribution in [2.24, 2.45) is 5.92 Å². The van der Waals surface area contributed by atoms with Crippen molar-refractivity contribution in [2.45, 2.75) is 57.2 Å². The molecule has 4 unspecified atom stereocenters. The Morgan fingerprint density at radius 3 is 2.60 bits per heavy atom. The molecule has 6 heteroatoms. The van der Waals surface area contributed by atoms with Crippen molar-refractivity contribution in [3.8, 4) is 0 Å². The first-order valence-corrected chi connectivity index (χ1v) is 7.36. The van der Waals surface area contributed by atoms with Crippen molar-refractivity contribution in [3.63, 3.8) is 0 Å². The number of hydrogen-bond acceptors (Lipinski definition) is 3. The van der Waals surface area contributed by atoms with E-state index in [0.29, 0.717) is 12.3 Å². The predicted octanol–water partition coefficient (Wildman–Crippen LogP) is 1.14. The first-order chi connectivity index (χ1) is 9.47. The van der Waals surface area contributed by atoms with Gasteiger partial charge in [-0.2, -0.15) is 0 Å². The number of aliphatic hydroxyl groups excluding tert-OH is 1. The summed E-state index contributed by atoms with van der Waals surface area (Å²) in [6, 6.07) is -1.25. The van der Waals surface area contributed by atoms with Gasteiger partial charge in [0.2, 0.25) is 0 Å². The van der Waals surface area contributed by atoms with E-state index in [4.69, 9.17) is 0 Å². The number of aliphatic carboxylic acids is 1. The van der Waals surface area contributed by atoms with E-state index in [0.717, 1.165) is 25.7 Å². The fourth-order valence-corrected chi connectivity index (χ4v) is 3.45. The summed E-state index contributed by atoms with van der Waals surface area (Å²) in [5.74, 6) is -0.607. The second-order valence-corrected chi connectivity index (χ2v) is 6.03. The summed E-state index contributed by atoms with van der Waals surface area (Å²) in [6.45, 7) is 1.63. The lowest BCUT2D eigenvalue weighted by atomic mass is 9.85. The predicted molar refractivity (Wildman–Crippen MR) is 73.3 cm³/mol. The highest BCUT2D eigenvalue weighted by molar-refractivity contribution is 5.84. The summed E-state index contributed by atoms with van der Waals surface area (Å²) in [5, 5.41) is 18.6. The Labute approximate surface area is 119 Å². The number of aliphatic hydroxyl groups is 1. The first kappa shape index (κ1) is 15.1. The standard InChI is InChI=1S/C14H24N2O4/c1-9(8-17)15(2)14(20)16-11-6-4-3-5-10(11)7-12(16)13(18)19/h9-12,17H,3-8H2,1-2H3,(H,18,19). The van der Waals surface area contributed by atoms with Gasteiger partial charge < -0.3 is 20.0 Å². The van der Waals surface area contributed by atoms with Gasteiger partial charge in [-0.15, -0.1) is 0 Å². The van der Waals surface area contributed by atoms with Gasteiger partial charge in [-0.25, -0.2) is 9.59 Å². The average molecular weight is 284 g/mol. The molecule has 2 rings (SSSR count). The molecule has 1 saturated carbocycles. The molecule has 0 radical (unpaired) electrons. The van der Waals surface area contributed by atoms with Crippen LogP contribution in [-0.4, -0.2) is 63.8 Å². The number of urea groups is 1. The van der Waals surface area contributed by atoms with E-state index >= 15 is 0 Å². The number of carboxylic acid groups (broad SMARTS) is 1. The average Bonchev–Trinajstić information content (AvgIpc) is 2.84. The maximum absolute atomic E-state index is 12.6. The molecule has 2 N–H and O–H groups in total. The van der Waals surface area contributed by atoms with Crippen LogP contribution in [0, 0.1) is 5.92 Å². The number of rotatable bonds is 3. The van der Waals surface area contributed by atoms with Gasteiger partial charge in [-0.3, -0.25) is 0 Å². The monoisotopic (exact) mass is 284 g/mol. The van der Waals surface area contributed by atoms with Crippen molar-refractivity contribution >= 4 is 12.0 Å². The lowest BCUT2D eigenvalue weighted by Gasteiger charge is -2.37. The number of fused-ring (bicyclic) bond motifs is 1. The van der Waals surface area contributed by atoms with Crippen LogP contribution in [0.4, 0.5) is 4.79 Å². The van der Waals surface area contributed by atoms with Crippen LogP contribution in [0.1, 0.15) is 39.0 Å². The SMILES string of the molecule is CC(CO)N(C)C(=O)N1C(C(=O)O)CC2CCCCC21. The summed E-state index contributed by atoms with van der Waals surface area (Å²) in [4.78, 5) is 27.1. The summed E-state index contributed by atoms with van der Waals surface area (Å²) in [6.07, 6.45) is 4.64. The van der Waals surface area contributed by atoms with Gasteiger partial charge in [0.25, 0.3) is 0 Å².